The second kappa shape index (κ2) is 8.43. The van der Waals surface area contributed by atoms with Crippen LogP contribution in [0.2, 0.25) is 0 Å². The van der Waals surface area contributed by atoms with Crippen LogP contribution in [0.15, 0.2) is 84.9 Å². The minimum Gasteiger partial charge on any atom is -0.508 e. The van der Waals surface area contributed by atoms with E-state index in [0.29, 0.717) is 17.2 Å². The summed E-state index contributed by atoms with van der Waals surface area (Å²) in [5.41, 5.74) is 5.89. The fourth-order valence-electron chi connectivity index (χ4n) is 4.30. The van der Waals surface area contributed by atoms with Crippen molar-refractivity contribution in [3.05, 3.63) is 96.1 Å². The Morgan fingerprint density at radius 1 is 0.912 bits per heavy atom. The molecule has 0 spiro atoms. The van der Waals surface area contributed by atoms with Gasteiger partial charge in [-0.1, -0.05) is 42.5 Å². The molecule has 0 fully saturated rings. The van der Waals surface area contributed by atoms with Crippen molar-refractivity contribution in [1.29, 1.82) is 0 Å². The smallest absolute Gasteiger partial charge is 0.229 e. The van der Waals surface area contributed by atoms with Crippen molar-refractivity contribution in [2.45, 2.75) is 6.10 Å². The summed E-state index contributed by atoms with van der Waals surface area (Å²) < 4.78 is 38.4. The van der Waals surface area contributed by atoms with E-state index < -0.39 is 16.1 Å². The Morgan fingerprint density at radius 3 is 2.41 bits per heavy atom. The van der Waals surface area contributed by atoms with Crippen LogP contribution in [-0.4, -0.2) is 26.9 Å². The maximum Gasteiger partial charge on any atom is 0.229 e. The van der Waals surface area contributed by atoms with Crippen LogP contribution in [0, 0.1) is 0 Å². The van der Waals surface area contributed by atoms with Gasteiger partial charge < -0.3 is 14.6 Å². The molecule has 7 heteroatoms. The van der Waals surface area contributed by atoms with Gasteiger partial charge in [-0.3, -0.25) is 4.72 Å². The normalized spacial score (nSPS) is 14.5. The predicted octanol–water partition coefficient (Wildman–Crippen LogP) is 5.59. The van der Waals surface area contributed by atoms with Crippen LogP contribution in [0.5, 0.6) is 17.2 Å². The first-order valence-electron chi connectivity index (χ1n) is 10.7. The second-order valence-electron chi connectivity index (χ2n) is 8.18. The average molecular weight is 474 g/mol. The highest BCUT2D eigenvalue weighted by atomic mass is 32.2. The summed E-state index contributed by atoms with van der Waals surface area (Å²) >= 11 is 0. The minimum absolute atomic E-state index is 0.209. The first-order valence-corrected chi connectivity index (χ1v) is 12.6. The van der Waals surface area contributed by atoms with Crippen LogP contribution >= 0.6 is 0 Å². The van der Waals surface area contributed by atoms with Crippen LogP contribution in [-0.2, 0) is 10.0 Å². The number of hydrogen-bond donors (Lipinski definition) is 2. The lowest BCUT2D eigenvalue weighted by atomic mass is 9.88. The van der Waals surface area contributed by atoms with Gasteiger partial charge in [0.05, 0.1) is 18.9 Å². The average Bonchev–Trinajstić information content (AvgIpc) is 2.82. The minimum atomic E-state index is -3.44. The fourth-order valence-corrected chi connectivity index (χ4v) is 4.86. The van der Waals surface area contributed by atoms with Crippen LogP contribution in [0.25, 0.3) is 22.3 Å². The molecule has 6 nitrogen and oxygen atoms in total. The molecular weight excluding hydrogens is 450 g/mol. The molecule has 1 unspecified atom stereocenters. The van der Waals surface area contributed by atoms with Gasteiger partial charge >= 0.3 is 0 Å². The number of anilines is 1. The number of benzene rings is 4. The second-order valence-corrected chi connectivity index (χ2v) is 9.93. The largest absolute Gasteiger partial charge is 0.508 e. The maximum absolute atomic E-state index is 11.9. The number of phenols is 1. The Bertz CT molecular complexity index is 1480. The van der Waals surface area contributed by atoms with Gasteiger partial charge in [-0.2, -0.15) is 0 Å². The SMILES string of the molecule is COc1cccc2c1-c1ccc(NS(C)(=O)=O)cc1C(c1cccc(-c3ccc(O)cc3)c1)O2. The summed E-state index contributed by atoms with van der Waals surface area (Å²) in [5, 5.41) is 9.63. The van der Waals surface area contributed by atoms with Gasteiger partial charge in [0.25, 0.3) is 0 Å². The van der Waals surface area contributed by atoms with E-state index in [1.165, 1.54) is 0 Å². The first kappa shape index (κ1) is 21.9. The summed E-state index contributed by atoms with van der Waals surface area (Å²) in [6.45, 7) is 0. The van der Waals surface area contributed by atoms with Crippen molar-refractivity contribution in [2.75, 3.05) is 18.1 Å². The Labute approximate surface area is 198 Å². The van der Waals surface area contributed by atoms with Crippen LogP contribution in [0.1, 0.15) is 17.2 Å². The van der Waals surface area contributed by atoms with Gasteiger partial charge in [-0.15, -0.1) is 0 Å². The van der Waals surface area contributed by atoms with Crippen molar-refractivity contribution in [1.82, 2.24) is 0 Å². The molecule has 0 bridgehead atoms. The highest BCUT2D eigenvalue weighted by Crippen LogP contribution is 2.49. The van der Waals surface area contributed by atoms with Crippen molar-refractivity contribution in [2.24, 2.45) is 0 Å². The number of sulfonamides is 1. The third kappa shape index (κ3) is 4.18. The van der Waals surface area contributed by atoms with Crippen LogP contribution < -0.4 is 14.2 Å². The number of ether oxygens (including phenoxy) is 2. The van der Waals surface area contributed by atoms with Gasteiger partial charge in [-0.25, -0.2) is 8.42 Å². The monoisotopic (exact) mass is 473 g/mol. The van der Waals surface area contributed by atoms with E-state index in [1.54, 1.807) is 25.3 Å². The number of nitrogens with one attached hydrogen (secondary N) is 1. The third-order valence-electron chi connectivity index (χ3n) is 5.75. The first-order chi connectivity index (χ1) is 16.3. The zero-order valence-corrected chi connectivity index (χ0v) is 19.5. The van der Waals surface area contributed by atoms with Crippen molar-refractivity contribution < 1.29 is 23.0 Å². The molecule has 34 heavy (non-hydrogen) atoms. The molecule has 1 atom stereocenters. The fraction of sp³-hybridized carbons (Fsp3) is 0.111. The van der Waals surface area contributed by atoms with E-state index in [2.05, 4.69) is 4.72 Å². The number of hydrogen-bond acceptors (Lipinski definition) is 5. The van der Waals surface area contributed by atoms with Gasteiger partial charge in [-0.05, 0) is 64.7 Å². The standard InChI is InChI=1S/C27H23NO5S/c1-32-24-7-4-8-25-26(24)22-14-11-20(28-34(2,30)31)16-23(22)27(33-25)19-6-3-5-18(15-19)17-9-12-21(29)13-10-17/h3-16,27-29H,1-2H3. The zero-order valence-electron chi connectivity index (χ0n) is 18.6. The van der Waals surface area contributed by atoms with Gasteiger partial charge in [0.2, 0.25) is 10.0 Å². The Hall–Kier alpha value is -3.97. The molecule has 0 amide bonds. The number of fused-ring (bicyclic) bond motifs is 3. The molecule has 2 N–H and O–H groups in total. The zero-order chi connectivity index (χ0) is 23.9. The summed E-state index contributed by atoms with van der Waals surface area (Å²) in [7, 11) is -1.83. The molecule has 0 saturated carbocycles. The summed E-state index contributed by atoms with van der Waals surface area (Å²) in [6.07, 6.45) is 0.660. The Balaban J connectivity index is 1.66. The molecule has 0 aromatic heterocycles. The Morgan fingerprint density at radius 2 is 1.68 bits per heavy atom. The molecule has 1 aliphatic rings. The predicted molar refractivity (Wildman–Crippen MR) is 133 cm³/mol. The number of rotatable bonds is 5. The maximum atomic E-state index is 11.9. The summed E-state index contributed by atoms with van der Waals surface area (Å²) in [5.74, 6) is 1.58. The lowest BCUT2D eigenvalue weighted by molar-refractivity contribution is 0.242. The van der Waals surface area contributed by atoms with Gasteiger partial charge in [0, 0.05) is 11.3 Å². The number of phenolic OH excluding ortho intramolecular Hbond substituents is 1. The van der Waals surface area contributed by atoms with E-state index in [1.807, 2.05) is 66.7 Å². The van der Waals surface area contributed by atoms with Crippen molar-refractivity contribution in [3.63, 3.8) is 0 Å². The summed E-state index contributed by atoms with van der Waals surface area (Å²) in [4.78, 5) is 0. The molecule has 0 radical (unpaired) electrons. The molecule has 4 aromatic carbocycles. The molecule has 1 aliphatic heterocycles. The molecular formula is C27H23NO5S. The third-order valence-corrected chi connectivity index (χ3v) is 6.36. The van der Waals surface area contributed by atoms with Crippen molar-refractivity contribution >= 4 is 15.7 Å². The van der Waals surface area contributed by atoms with Crippen molar-refractivity contribution in [3.8, 4) is 39.5 Å². The highest BCUT2D eigenvalue weighted by molar-refractivity contribution is 7.92. The molecule has 5 rings (SSSR count). The highest BCUT2D eigenvalue weighted by Gasteiger charge is 2.30. The topological polar surface area (TPSA) is 84.9 Å². The summed E-state index contributed by atoms with van der Waals surface area (Å²) in [6, 6.07) is 26.1. The molecule has 172 valence electrons. The lowest BCUT2D eigenvalue weighted by Gasteiger charge is -2.30. The molecule has 4 aromatic rings. The van der Waals surface area contributed by atoms with Gasteiger partial charge in [0.1, 0.15) is 23.4 Å². The van der Waals surface area contributed by atoms with Crippen LogP contribution in [0.4, 0.5) is 5.69 Å². The van der Waals surface area contributed by atoms with E-state index >= 15 is 0 Å². The number of aromatic hydroxyl groups is 1. The molecule has 1 heterocycles. The van der Waals surface area contributed by atoms with Crippen LogP contribution in [0.3, 0.4) is 0 Å². The quantitative estimate of drug-likeness (QED) is 0.395. The van der Waals surface area contributed by atoms with E-state index in [0.717, 1.165) is 39.6 Å². The van der Waals surface area contributed by atoms with E-state index in [-0.39, 0.29) is 5.75 Å². The molecule has 0 saturated heterocycles. The lowest BCUT2D eigenvalue weighted by Crippen LogP contribution is -2.17. The number of methoxy groups -OCH3 is 1. The van der Waals surface area contributed by atoms with E-state index in [9.17, 15) is 13.5 Å². The van der Waals surface area contributed by atoms with Gasteiger partial charge in [0.15, 0.2) is 0 Å². The Kier molecular flexibility index (Phi) is 5.42. The molecule has 0 aliphatic carbocycles. The van der Waals surface area contributed by atoms with E-state index in [4.69, 9.17) is 9.47 Å².